The molecule has 0 fully saturated rings. The molecule has 0 amide bonds. The van der Waals surface area contributed by atoms with Crippen LogP contribution in [0.1, 0.15) is 20.7 Å². The van der Waals surface area contributed by atoms with Gasteiger partial charge in [0.15, 0.2) is 6.29 Å². The first-order valence-electron chi connectivity index (χ1n) is 4.69. The van der Waals surface area contributed by atoms with Gasteiger partial charge in [-0.2, -0.15) is 0 Å². The highest BCUT2D eigenvalue weighted by Crippen LogP contribution is 2.20. The van der Waals surface area contributed by atoms with E-state index in [-0.39, 0.29) is 0 Å². The Kier molecular flexibility index (Phi) is 2.64. The van der Waals surface area contributed by atoms with Gasteiger partial charge in [0.05, 0.1) is 18.2 Å². The van der Waals surface area contributed by atoms with Crippen molar-refractivity contribution in [1.29, 1.82) is 0 Å². The zero-order chi connectivity index (χ0) is 11.5. The number of aldehydes is 1. The highest BCUT2D eigenvalue weighted by molar-refractivity contribution is 6.07. The molecule has 0 unspecified atom stereocenters. The highest BCUT2D eigenvalue weighted by Gasteiger charge is 2.12. The van der Waals surface area contributed by atoms with Crippen LogP contribution in [-0.2, 0) is 4.74 Å². The third-order valence-corrected chi connectivity index (χ3v) is 2.33. The standard InChI is InChI=1S/C12H9NO3/c1-16-12(15)10-5-4-8(7-14)11-9(10)3-2-6-13-11/h2-7H,1H3. The molecule has 2 aromatic rings. The van der Waals surface area contributed by atoms with Crippen molar-refractivity contribution in [1.82, 2.24) is 4.98 Å². The van der Waals surface area contributed by atoms with Crippen molar-refractivity contribution in [3.63, 3.8) is 0 Å². The van der Waals surface area contributed by atoms with Gasteiger partial charge < -0.3 is 4.74 Å². The lowest BCUT2D eigenvalue weighted by molar-refractivity contribution is 0.0603. The molecule has 0 atom stereocenters. The summed E-state index contributed by atoms with van der Waals surface area (Å²) in [6, 6.07) is 6.58. The number of fused-ring (bicyclic) bond motifs is 1. The van der Waals surface area contributed by atoms with E-state index in [0.29, 0.717) is 22.0 Å². The average Bonchev–Trinajstić information content (AvgIpc) is 2.36. The first kappa shape index (κ1) is 10.3. The number of nitrogens with zero attached hydrogens (tertiary/aromatic N) is 1. The largest absolute Gasteiger partial charge is 0.465 e. The minimum atomic E-state index is -0.435. The summed E-state index contributed by atoms with van der Waals surface area (Å²) in [6.45, 7) is 0. The van der Waals surface area contributed by atoms with Crippen molar-refractivity contribution in [3.8, 4) is 0 Å². The van der Waals surface area contributed by atoms with Crippen LogP contribution in [0.4, 0.5) is 0 Å². The monoisotopic (exact) mass is 215 g/mol. The number of aromatic nitrogens is 1. The lowest BCUT2D eigenvalue weighted by Crippen LogP contribution is -2.03. The fourth-order valence-electron chi connectivity index (χ4n) is 1.58. The number of carbonyl (C=O) groups is 2. The normalized spacial score (nSPS) is 10.1. The second-order valence-electron chi connectivity index (χ2n) is 3.21. The molecule has 1 heterocycles. The van der Waals surface area contributed by atoms with E-state index in [0.717, 1.165) is 6.29 Å². The molecule has 0 aliphatic carbocycles. The number of carbonyl (C=O) groups excluding carboxylic acids is 2. The van der Waals surface area contributed by atoms with Crippen LogP contribution >= 0.6 is 0 Å². The minimum Gasteiger partial charge on any atom is -0.465 e. The number of pyridine rings is 1. The molecule has 4 nitrogen and oxygen atoms in total. The quantitative estimate of drug-likeness (QED) is 0.566. The maximum atomic E-state index is 11.5. The van der Waals surface area contributed by atoms with Crippen molar-refractivity contribution in [2.45, 2.75) is 0 Å². The minimum absolute atomic E-state index is 0.413. The fraction of sp³-hybridized carbons (Fsp3) is 0.0833. The summed E-state index contributed by atoms with van der Waals surface area (Å²) < 4.78 is 4.66. The SMILES string of the molecule is COC(=O)c1ccc(C=O)c2ncccc12. The number of hydrogen-bond acceptors (Lipinski definition) is 4. The number of ether oxygens (including phenoxy) is 1. The van der Waals surface area contributed by atoms with E-state index in [2.05, 4.69) is 9.72 Å². The van der Waals surface area contributed by atoms with E-state index in [4.69, 9.17) is 0 Å². The molecule has 1 aromatic heterocycles. The van der Waals surface area contributed by atoms with Crippen LogP contribution in [0.5, 0.6) is 0 Å². The lowest BCUT2D eigenvalue weighted by Gasteiger charge is -2.05. The van der Waals surface area contributed by atoms with E-state index in [1.165, 1.54) is 7.11 Å². The molecule has 0 aliphatic heterocycles. The topological polar surface area (TPSA) is 56.3 Å². The van der Waals surface area contributed by atoms with Crippen molar-refractivity contribution in [2.24, 2.45) is 0 Å². The van der Waals surface area contributed by atoms with Crippen LogP contribution in [0.2, 0.25) is 0 Å². The van der Waals surface area contributed by atoms with Gasteiger partial charge in [-0.1, -0.05) is 6.07 Å². The second-order valence-corrected chi connectivity index (χ2v) is 3.21. The Morgan fingerprint density at radius 2 is 2.19 bits per heavy atom. The molecule has 4 heteroatoms. The number of benzene rings is 1. The molecule has 80 valence electrons. The molecule has 2 rings (SSSR count). The Labute approximate surface area is 91.9 Å². The van der Waals surface area contributed by atoms with Crippen LogP contribution in [0.15, 0.2) is 30.5 Å². The molecule has 0 N–H and O–H groups in total. The molecule has 0 bridgehead atoms. The Bertz CT molecular complexity index is 563. The zero-order valence-corrected chi connectivity index (χ0v) is 8.64. The summed E-state index contributed by atoms with van der Waals surface area (Å²) in [5.74, 6) is -0.435. The van der Waals surface area contributed by atoms with E-state index < -0.39 is 5.97 Å². The smallest absolute Gasteiger partial charge is 0.338 e. The molecule has 16 heavy (non-hydrogen) atoms. The van der Waals surface area contributed by atoms with Crippen molar-refractivity contribution >= 4 is 23.2 Å². The zero-order valence-electron chi connectivity index (χ0n) is 8.64. The molecule has 0 saturated carbocycles. The molecule has 0 aliphatic rings. The summed E-state index contributed by atoms with van der Waals surface area (Å²) in [6.07, 6.45) is 2.30. The van der Waals surface area contributed by atoms with Crippen LogP contribution in [-0.4, -0.2) is 24.3 Å². The lowest BCUT2D eigenvalue weighted by atomic mass is 10.0. The Morgan fingerprint density at radius 1 is 1.38 bits per heavy atom. The van der Waals surface area contributed by atoms with Gasteiger partial charge in [-0.25, -0.2) is 4.79 Å². The highest BCUT2D eigenvalue weighted by atomic mass is 16.5. The summed E-state index contributed by atoms with van der Waals surface area (Å²) in [4.78, 5) is 26.4. The fourth-order valence-corrected chi connectivity index (χ4v) is 1.58. The van der Waals surface area contributed by atoms with Gasteiger partial charge >= 0.3 is 5.97 Å². The number of rotatable bonds is 2. The number of esters is 1. The number of hydrogen-bond donors (Lipinski definition) is 0. The van der Waals surface area contributed by atoms with Crippen LogP contribution < -0.4 is 0 Å². The van der Waals surface area contributed by atoms with Crippen LogP contribution in [0, 0.1) is 0 Å². The van der Waals surface area contributed by atoms with E-state index in [1.807, 2.05) is 0 Å². The third kappa shape index (κ3) is 1.54. The molecule has 0 spiro atoms. The third-order valence-electron chi connectivity index (χ3n) is 2.33. The first-order chi connectivity index (χ1) is 7.77. The van der Waals surface area contributed by atoms with Crippen molar-refractivity contribution in [2.75, 3.05) is 7.11 Å². The Hall–Kier alpha value is -2.23. The summed E-state index contributed by atoms with van der Waals surface area (Å²) in [5.41, 5.74) is 1.39. The van der Waals surface area contributed by atoms with Gasteiger partial charge in [-0.05, 0) is 18.2 Å². The molecule has 1 aromatic carbocycles. The van der Waals surface area contributed by atoms with Gasteiger partial charge in [-0.3, -0.25) is 9.78 Å². The molecule has 0 saturated heterocycles. The van der Waals surface area contributed by atoms with Gasteiger partial charge in [0.25, 0.3) is 0 Å². The Morgan fingerprint density at radius 3 is 2.88 bits per heavy atom. The summed E-state index contributed by atoms with van der Waals surface area (Å²) in [7, 11) is 1.32. The van der Waals surface area contributed by atoms with Crippen molar-refractivity contribution in [3.05, 3.63) is 41.6 Å². The molecular formula is C12H9NO3. The first-order valence-corrected chi connectivity index (χ1v) is 4.69. The van der Waals surface area contributed by atoms with Gasteiger partial charge in [0.1, 0.15) is 0 Å². The van der Waals surface area contributed by atoms with Crippen LogP contribution in [0.3, 0.4) is 0 Å². The van der Waals surface area contributed by atoms with Gasteiger partial charge in [-0.15, -0.1) is 0 Å². The molecule has 0 radical (unpaired) electrons. The Balaban J connectivity index is 2.79. The van der Waals surface area contributed by atoms with Crippen molar-refractivity contribution < 1.29 is 14.3 Å². The molecular weight excluding hydrogens is 206 g/mol. The predicted octanol–water partition coefficient (Wildman–Crippen LogP) is 1.83. The van der Waals surface area contributed by atoms with E-state index in [1.54, 1.807) is 30.5 Å². The average molecular weight is 215 g/mol. The van der Waals surface area contributed by atoms with E-state index >= 15 is 0 Å². The van der Waals surface area contributed by atoms with Crippen LogP contribution in [0.25, 0.3) is 10.9 Å². The summed E-state index contributed by atoms with van der Waals surface area (Å²) >= 11 is 0. The second kappa shape index (κ2) is 4.10. The van der Waals surface area contributed by atoms with E-state index in [9.17, 15) is 9.59 Å². The maximum Gasteiger partial charge on any atom is 0.338 e. The van der Waals surface area contributed by atoms with Gasteiger partial charge in [0, 0.05) is 17.1 Å². The predicted molar refractivity (Wildman–Crippen MR) is 58.5 cm³/mol. The number of methoxy groups -OCH3 is 1. The summed E-state index contributed by atoms with van der Waals surface area (Å²) in [5, 5.41) is 0.624. The van der Waals surface area contributed by atoms with Gasteiger partial charge in [0.2, 0.25) is 0 Å². The maximum absolute atomic E-state index is 11.5.